The predicted molar refractivity (Wildman–Crippen MR) is 39.5 cm³/mol. The van der Waals surface area contributed by atoms with Crippen molar-refractivity contribution in [1.82, 2.24) is 4.98 Å². The van der Waals surface area contributed by atoms with Gasteiger partial charge in [0.1, 0.15) is 0 Å². The summed E-state index contributed by atoms with van der Waals surface area (Å²) >= 11 is 3.17. The normalized spacial score (nSPS) is 13.6. The second kappa shape index (κ2) is 3.03. The number of aromatic nitrogens is 1. The lowest BCUT2D eigenvalue weighted by molar-refractivity contribution is 0.205. The molecule has 1 aromatic rings. The molecule has 0 bridgehead atoms. The van der Waals surface area contributed by atoms with Crippen molar-refractivity contribution in [3.8, 4) is 0 Å². The second-order valence-corrected chi connectivity index (χ2v) is 2.46. The van der Waals surface area contributed by atoms with Gasteiger partial charge >= 0.3 is 0 Å². The lowest BCUT2D eigenvalue weighted by Gasteiger charge is -2.00. The first-order valence-electron chi connectivity index (χ1n) is 2.71. The molecule has 1 rings (SSSR count). The number of hydrogen-bond acceptors (Lipinski definition) is 1. The van der Waals surface area contributed by atoms with Gasteiger partial charge in [-0.25, -0.2) is 0 Å². The van der Waals surface area contributed by atoms with E-state index in [-0.39, 0.29) is 6.10 Å². The fourth-order valence-electron chi connectivity index (χ4n) is 0.633. The van der Waals surface area contributed by atoms with Crippen molar-refractivity contribution in [1.29, 1.82) is 0 Å². The van der Waals surface area contributed by atoms with Crippen LogP contribution in [0.4, 0.5) is 0 Å². The first kappa shape index (κ1) is 6.83. The molecule has 0 radical (unpaired) electrons. The Hall–Kier alpha value is -0.280. The highest BCUT2D eigenvalue weighted by Gasteiger charge is 2.03. The van der Waals surface area contributed by atoms with E-state index in [1.807, 2.05) is 6.07 Å². The molecule has 0 saturated carbocycles. The van der Waals surface area contributed by atoms with Crippen molar-refractivity contribution in [3.05, 3.63) is 24.0 Å². The van der Waals surface area contributed by atoms with Gasteiger partial charge in [0.15, 0.2) is 0 Å². The molecule has 0 aliphatic carbocycles. The van der Waals surface area contributed by atoms with Gasteiger partial charge in [-0.3, -0.25) is 0 Å². The Balaban J connectivity index is 2.65. The van der Waals surface area contributed by atoms with E-state index in [1.54, 1.807) is 12.4 Å². The lowest BCUT2D eigenvalue weighted by atomic mass is 10.2. The van der Waals surface area contributed by atoms with Gasteiger partial charge in [0.2, 0.25) is 0 Å². The molecule has 50 valence electrons. The van der Waals surface area contributed by atoms with Crippen molar-refractivity contribution in [2.45, 2.75) is 6.10 Å². The fraction of sp³-hybridized carbons (Fsp3) is 0.333. The number of halogens is 1. The van der Waals surface area contributed by atoms with Gasteiger partial charge in [-0.05, 0) is 11.6 Å². The maximum atomic E-state index is 9.15. The fourth-order valence-corrected chi connectivity index (χ4v) is 1.01. The Bertz CT molecular complexity index is 162. The smallest absolute Gasteiger partial charge is 0.0901 e. The number of hydrogen-bond donors (Lipinski definition) is 2. The molecule has 1 aromatic heterocycles. The van der Waals surface area contributed by atoms with Crippen LogP contribution in [0.5, 0.6) is 0 Å². The summed E-state index contributed by atoms with van der Waals surface area (Å²) in [5, 5.41) is 9.74. The molecule has 9 heavy (non-hydrogen) atoms. The Morgan fingerprint density at radius 1 is 1.78 bits per heavy atom. The highest BCUT2D eigenvalue weighted by atomic mass is 79.9. The van der Waals surface area contributed by atoms with Crippen LogP contribution in [-0.2, 0) is 0 Å². The van der Waals surface area contributed by atoms with Gasteiger partial charge in [0, 0.05) is 17.7 Å². The van der Waals surface area contributed by atoms with Gasteiger partial charge in [-0.15, -0.1) is 0 Å². The first-order chi connectivity index (χ1) is 4.34. The summed E-state index contributed by atoms with van der Waals surface area (Å²) in [6.45, 7) is 0. The highest BCUT2D eigenvalue weighted by Crippen LogP contribution is 2.12. The third-order valence-electron chi connectivity index (χ3n) is 1.15. The van der Waals surface area contributed by atoms with Crippen LogP contribution in [-0.4, -0.2) is 15.4 Å². The molecule has 1 unspecified atom stereocenters. The van der Waals surface area contributed by atoms with Crippen molar-refractivity contribution in [2.24, 2.45) is 0 Å². The zero-order chi connectivity index (χ0) is 6.69. The van der Waals surface area contributed by atoms with Gasteiger partial charge in [0.05, 0.1) is 6.10 Å². The van der Waals surface area contributed by atoms with Gasteiger partial charge in [0.25, 0.3) is 0 Å². The van der Waals surface area contributed by atoms with Gasteiger partial charge in [-0.2, -0.15) is 0 Å². The van der Waals surface area contributed by atoms with Crippen LogP contribution in [0.15, 0.2) is 18.5 Å². The molecule has 0 aliphatic heterocycles. The average molecular weight is 190 g/mol. The highest BCUT2D eigenvalue weighted by molar-refractivity contribution is 9.09. The van der Waals surface area contributed by atoms with E-state index in [4.69, 9.17) is 5.11 Å². The van der Waals surface area contributed by atoms with Crippen LogP contribution in [0.3, 0.4) is 0 Å². The third-order valence-corrected chi connectivity index (χ3v) is 1.77. The predicted octanol–water partition coefficient (Wildman–Crippen LogP) is 1.44. The summed E-state index contributed by atoms with van der Waals surface area (Å²) < 4.78 is 0. The minimum Gasteiger partial charge on any atom is -0.387 e. The molecule has 0 saturated heterocycles. The summed E-state index contributed by atoms with van der Waals surface area (Å²) in [6, 6.07) is 1.85. The topological polar surface area (TPSA) is 36.0 Å². The van der Waals surface area contributed by atoms with Crippen molar-refractivity contribution < 1.29 is 5.11 Å². The molecule has 0 spiro atoms. The number of nitrogens with one attached hydrogen (secondary N) is 1. The Morgan fingerprint density at radius 2 is 2.56 bits per heavy atom. The minimum atomic E-state index is -0.378. The molecule has 1 heterocycles. The standard InChI is InChI=1S/C6H8BrNO/c7-3-6(9)5-1-2-8-4-5/h1-2,4,6,8-9H,3H2. The quantitative estimate of drug-likeness (QED) is 0.680. The van der Waals surface area contributed by atoms with Crippen molar-refractivity contribution in [2.75, 3.05) is 5.33 Å². The van der Waals surface area contributed by atoms with E-state index in [1.165, 1.54) is 0 Å². The van der Waals surface area contributed by atoms with E-state index in [2.05, 4.69) is 20.9 Å². The monoisotopic (exact) mass is 189 g/mol. The van der Waals surface area contributed by atoms with E-state index < -0.39 is 0 Å². The number of aromatic amines is 1. The zero-order valence-corrected chi connectivity index (χ0v) is 6.43. The SMILES string of the molecule is OC(CBr)c1cc[nH]c1. The summed E-state index contributed by atoms with van der Waals surface area (Å²) in [5.74, 6) is 0. The number of rotatable bonds is 2. The summed E-state index contributed by atoms with van der Waals surface area (Å²) in [5.41, 5.74) is 0.923. The summed E-state index contributed by atoms with van der Waals surface area (Å²) in [6.07, 6.45) is 3.20. The Morgan fingerprint density at radius 3 is 3.00 bits per heavy atom. The third kappa shape index (κ3) is 1.56. The van der Waals surface area contributed by atoms with E-state index >= 15 is 0 Å². The minimum absolute atomic E-state index is 0.378. The van der Waals surface area contributed by atoms with Crippen molar-refractivity contribution in [3.63, 3.8) is 0 Å². The molecule has 3 heteroatoms. The Kier molecular flexibility index (Phi) is 2.30. The molecule has 0 fully saturated rings. The molecular weight excluding hydrogens is 182 g/mol. The molecule has 0 aromatic carbocycles. The maximum absolute atomic E-state index is 9.15. The molecule has 2 nitrogen and oxygen atoms in total. The molecule has 0 aliphatic rings. The van der Waals surface area contributed by atoms with Crippen molar-refractivity contribution >= 4 is 15.9 Å². The van der Waals surface area contributed by atoms with Gasteiger partial charge < -0.3 is 10.1 Å². The number of alkyl halides is 1. The number of aliphatic hydroxyl groups is 1. The molecular formula is C6H8BrNO. The van der Waals surface area contributed by atoms with E-state index in [0.29, 0.717) is 5.33 Å². The van der Waals surface area contributed by atoms with E-state index in [0.717, 1.165) is 5.56 Å². The molecule has 1 atom stereocenters. The van der Waals surface area contributed by atoms with E-state index in [9.17, 15) is 0 Å². The second-order valence-electron chi connectivity index (χ2n) is 1.81. The van der Waals surface area contributed by atoms with Crippen LogP contribution >= 0.6 is 15.9 Å². The summed E-state index contributed by atoms with van der Waals surface area (Å²) in [7, 11) is 0. The molecule has 0 amide bonds. The lowest BCUT2D eigenvalue weighted by Crippen LogP contribution is -1.94. The number of aliphatic hydroxyl groups excluding tert-OH is 1. The number of H-pyrrole nitrogens is 1. The van der Waals surface area contributed by atoms with Crippen LogP contribution < -0.4 is 0 Å². The van der Waals surface area contributed by atoms with Crippen LogP contribution in [0.25, 0.3) is 0 Å². The largest absolute Gasteiger partial charge is 0.387 e. The van der Waals surface area contributed by atoms with Crippen LogP contribution in [0.1, 0.15) is 11.7 Å². The Labute approximate surface area is 62.0 Å². The first-order valence-corrected chi connectivity index (χ1v) is 3.83. The zero-order valence-electron chi connectivity index (χ0n) is 4.84. The molecule has 2 N–H and O–H groups in total. The average Bonchev–Trinajstić information content (AvgIpc) is 2.37. The maximum Gasteiger partial charge on any atom is 0.0901 e. The van der Waals surface area contributed by atoms with Crippen LogP contribution in [0.2, 0.25) is 0 Å². The van der Waals surface area contributed by atoms with Gasteiger partial charge in [-0.1, -0.05) is 15.9 Å². The van der Waals surface area contributed by atoms with Crippen LogP contribution in [0, 0.1) is 0 Å². The summed E-state index contributed by atoms with van der Waals surface area (Å²) in [4.78, 5) is 2.86.